The minimum Gasteiger partial charge on any atom is -0.342 e. The lowest BCUT2D eigenvalue weighted by Crippen LogP contribution is -2.48. The summed E-state index contributed by atoms with van der Waals surface area (Å²) in [6.07, 6.45) is 2.57. The van der Waals surface area contributed by atoms with Gasteiger partial charge in [-0.15, -0.1) is 0 Å². The molecular weight excluding hydrogens is 319 g/mol. The lowest BCUT2D eigenvalue weighted by atomic mass is 9.89. The van der Waals surface area contributed by atoms with Gasteiger partial charge in [-0.25, -0.2) is 4.39 Å². The minimum atomic E-state index is -0.399. The van der Waals surface area contributed by atoms with E-state index in [0.29, 0.717) is 43.3 Å². The third-order valence-electron chi connectivity index (χ3n) is 5.38. The zero-order chi connectivity index (χ0) is 18.0. The van der Waals surface area contributed by atoms with Crippen LogP contribution in [0.2, 0.25) is 0 Å². The van der Waals surface area contributed by atoms with Crippen molar-refractivity contribution in [2.75, 3.05) is 26.2 Å². The van der Waals surface area contributed by atoms with Crippen LogP contribution >= 0.6 is 0 Å². The molecule has 4 nitrogen and oxygen atoms in total. The van der Waals surface area contributed by atoms with Crippen molar-refractivity contribution >= 4 is 11.8 Å². The summed E-state index contributed by atoms with van der Waals surface area (Å²) >= 11 is 0. The third kappa shape index (κ3) is 4.20. The molecule has 2 heterocycles. The molecule has 0 spiro atoms. The molecule has 0 saturated carbocycles. The van der Waals surface area contributed by atoms with Gasteiger partial charge in [0, 0.05) is 37.7 Å². The van der Waals surface area contributed by atoms with E-state index in [0.717, 1.165) is 13.1 Å². The molecule has 0 unspecified atom stereocenters. The Morgan fingerprint density at radius 2 is 1.68 bits per heavy atom. The van der Waals surface area contributed by atoms with Crippen LogP contribution in [0.5, 0.6) is 0 Å². The number of hydrogen-bond acceptors (Lipinski definition) is 2. The van der Waals surface area contributed by atoms with Crippen LogP contribution in [0.4, 0.5) is 4.39 Å². The molecule has 2 saturated heterocycles. The zero-order valence-electron chi connectivity index (χ0n) is 15.1. The van der Waals surface area contributed by atoms with E-state index < -0.39 is 5.82 Å². The van der Waals surface area contributed by atoms with Crippen molar-refractivity contribution in [2.24, 2.45) is 17.8 Å². The first-order chi connectivity index (χ1) is 11.9. The van der Waals surface area contributed by atoms with Crippen LogP contribution < -0.4 is 0 Å². The second kappa shape index (κ2) is 7.54. The summed E-state index contributed by atoms with van der Waals surface area (Å²) in [4.78, 5) is 29.0. The summed E-state index contributed by atoms with van der Waals surface area (Å²) in [6.45, 7) is 7.24. The Morgan fingerprint density at radius 3 is 2.28 bits per heavy atom. The lowest BCUT2D eigenvalue weighted by molar-refractivity contribution is -0.139. The molecule has 2 amide bonds. The molecule has 2 fully saturated rings. The van der Waals surface area contributed by atoms with Crippen LogP contribution in [-0.4, -0.2) is 47.8 Å². The molecule has 0 bridgehead atoms. The number of halogens is 1. The molecule has 0 radical (unpaired) electrons. The smallest absolute Gasteiger partial charge is 0.253 e. The topological polar surface area (TPSA) is 40.6 Å². The summed E-state index contributed by atoms with van der Waals surface area (Å²) in [5.41, 5.74) is 0.378. The highest BCUT2D eigenvalue weighted by Gasteiger charge is 2.33. The predicted octanol–water partition coefficient (Wildman–Crippen LogP) is 3.18. The molecule has 25 heavy (non-hydrogen) atoms. The first kappa shape index (κ1) is 17.9. The summed E-state index contributed by atoms with van der Waals surface area (Å²) in [7, 11) is 0. The minimum absolute atomic E-state index is 0.00839. The maximum atomic E-state index is 13.3. The molecule has 5 heteroatoms. The van der Waals surface area contributed by atoms with Crippen molar-refractivity contribution < 1.29 is 14.0 Å². The Morgan fingerprint density at radius 1 is 1.04 bits per heavy atom. The number of amides is 2. The second-order valence-electron chi connectivity index (χ2n) is 7.77. The first-order valence-electron chi connectivity index (χ1n) is 9.27. The molecule has 3 rings (SSSR count). The van der Waals surface area contributed by atoms with Crippen molar-refractivity contribution in [3.05, 3.63) is 35.6 Å². The molecule has 136 valence electrons. The van der Waals surface area contributed by atoms with E-state index in [9.17, 15) is 14.0 Å². The van der Waals surface area contributed by atoms with Gasteiger partial charge in [-0.05, 0) is 49.3 Å². The fourth-order valence-corrected chi connectivity index (χ4v) is 4.23. The van der Waals surface area contributed by atoms with Crippen LogP contribution in [-0.2, 0) is 4.79 Å². The number of piperidine rings is 2. The van der Waals surface area contributed by atoms with Crippen molar-refractivity contribution in [3.63, 3.8) is 0 Å². The zero-order valence-corrected chi connectivity index (χ0v) is 15.1. The van der Waals surface area contributed by atoms with Crippen molar-refractivity contribution in [3.8, 4) is 0 Å². The molecule has 0 aliphatic carbocycles. The number of hydrogen-bond donors (Lipinski definition) is 0. The largest absolute Gasteiger partial charge is 0.342 e. The number of carbonyl (C=O) groups is 2. The molecule has 2 atom stereocenters. The van der Waals surface area contributed by atoms with E-state index in [2.05, 4.69) is 13.8 Å². The monoisotopic (exact) mass is 346 g/mol. The molecule has 1 aromatic rings. The van der Waals surface area contributed by atoms with Crippen molar-refractivity contribution in [1.82, 2.24) is 9.80 Å². The van der Waals surface area contributed by atoms with Gasteiger partial charge < -0.3 is 9.80 Å². The molecule has 2 aliphatic heterocycles. The van der Waals surface area contributed by atoms with Gasteiger partial charge in [0.25, 0.3) is 5.91 Å². The summed E-state index contributed by atoms with van der Waals surface area (Å²) in [5.74, 6) is 0.824. The van der Waals surface area contributed by atoms with Gasteiger partial charge in [-0.2, -0.15) is 0 Å². The fraction of sp³-hybridized carbons (Fsp3) is 0.600. The Kier molecular flexibility index (Phi) is 5.40. The Labute approximate surface area is 149 Å². The van der Waals surface area contributed by atoms with Gasteiger partial charge in [0.05, 0.1) is 0 Å². The third-order valence-corrected chi connectivity index (χ3v) is 5.38. The average molecular weight is 346 g/mol. The van der Waals surface area contributed by atoms with Crippen LogP contribution in [0.25, 0.3) is 0 Å². The maximum absolute atomic E-state index is 13.3. The quantitative estimate of drug-likeness (QED) is 0.825. The van der Waals surface area contributed by atoms with E-state index in [1.807, 2.05) is 4.90 Å². The van der Waals surface area contributed by atoms with E-state index >= 15 is 0 Å². The van der Waals surface area contributed by atoms with Crippen molar-refractivity contribution in [2.45, 2.75) is 33.1 Å². The summed E-state index contributed by atoms with van der Waals surface area (Å²) in [6, 6.07) is 5.80. The summed E-state index contributed by atoms with van der Waals surface area (Å²) in [5, 5.41) is 0. The number of benzene rings is 1. The van der Waals surface area contributed by atoms with Gasteiger partial charge in [-0.1, -0.05) is 19.9 Å². The first-order valence-corrected chi connectivity index (χ1v) is 9.27. The molecule has 0 aromatic heterocycles. The Hall–Kier alpha value is -1.91. The molecule has 2 aliphatic rings. The number of likely N-dealkylation sites (tertiary alicyclic amines) is 2. The van der Waals surface area contributed by atoms with E-state index in [1.165, 1.54) is 18.6 Å². The van der Waals surface area contributed by atoms with E-state index in [-0.39, 0.29) is 17.7 Å². The maximum Gasteiger partial charge on any atom is 0.253 e. The normalized spacial score (nSPS) is 25.1. The average Bonchev–Trinajstić information content (AvgIpc) is 2.60. The highest BCUT2D eigenvalue weighted by Crippen LogP contribution is 2.26. The van der Waals surface area contributed by atoms with Crippen LogP contribution in [0, 0.1) is 23.6 Å². The van der Waals surface area contributed by atoms with E-state index in [4.69, 9.17) is 0 Å². The van der Waals surface area contributed by atoms with Crippen molar-refractivity contribution in [1.29, 1.82) is 0 Å². The highest BCUT2D eigenvalue weighted by molar-refractivity contribution is 5.94. The molecule has 0 N–H and O–H groups in total. The van der Waals surface area contributed by atoms with Crippen LogP contribution in [0.1, 0.15) is 43.5 Å². The predicted molar refractivity (Wildman–Crippen MR) is 94.6 cm³/mol. The highest BCUT2D eigenvalue weighted by atomic mass is 19.1. The van der Waals surface area contributed by atoms with E-state index in [1.54, 1.807) is 17.0 Å². The van der Waals surface area contributed by atoms with Gasteiger partial charge in [0.15, 0.2) is 0 Å². The second-order valence-corrected chi connectivity index (χ2v) is 7.77. The summed E-state index contributed by atoms with van der Waals surface area (Å²) < 4.78 is 13.3. The Balaban J connectivity index is 1.56. The van der Waals surface area contributed by atoms with Gasteiger partial charge in [-0.3, -0.25) is 9.59 Å². The number of carbonyl (C=O) groups excluding carboxylic acids is 2. The SMILES string of the molecule is C[C@@H]1C[C@@H](C)CN(C(=O)C2CCN(C(=O)c3cccc(F)c3)CC2)C1. The van der Waals surface area contributed by atoms with Gasteiger partial charge >= 0.3 is 0 Å². The van der Waals surface area contributed by atoms with Gasteiger partial charge in [0.2, 0.25) is 5.91 Å². The molecule has 1 aromatic carbocycles. The number of nitrogens with zero attached hydrogens (tertiary/aromatic N) is 2. The fourth-order valence-electron chi connectivity index (χ4n) is 4.23. The Bertz CT molecular complexity index is 630. The standard InChI is InChI=1S/C20H27FN2O2/c1-14-10-15(2)13-23(12-14)19(24)16-6-8-22(9-7-16)20(25)17-4-3-5-18(21)11-17/h3-5,11,14-16H,6-10,12-13H2,1-2H3/t14-,15-/m1/s1. The lowest BCUT2D eigenvalue weighted by Gasteiger charge is -2.39. The van der Waals surface area contributed by atoms with Crippen LogP contribution in [0.15, 0.2) is 24.3 Å². The number of rotatable bonds is 2. The van der Waals surface area contributed by atoms with Gasteiger partial charge in [0.1, 0.15) is 5.82 Å². The van der Waals surface area contributed by atoms with Crippen LogP contribution in [0.3, 0.4) is 0 Å². The molecular formula is C20H27FN2O2.